The normalized spacial score (nSPS) is 11.5. The first-order valence-corrected chi connectivity index (χ1v) is 8.97. The van der Waals surface area contributed by atoms with Crippen LogP contribution in [-0.4, -0.2) is 16.1 Å². The van der Waals surface area contributed by atoms with Crippen molar-refractivity contribution in [2.24, 2.45) is 0 Å². The smallest absolute Gasteiger partial charge is 0.242 e. The van der Waals surface area contributed by atoms with Crippen molar-refractivity contribution in [2.45, 2.75) is 9.59 Å². The molecule has 1 amide bonds. The number of carbonyl (C=O) groups excluding carboxylic acids is 1. The van der Waals surface area contributed by atoms with Crippen molar-refractivity contribution in [3.8, 4) is 6.07 Å². The lowest BCUT2D eigenvalue weighted by molar-refractivity contribution is -0.115. The molecule has 3 aromatic rings. The van der Waals surface area contributed by atoms with E-state index < -0.39 is 5.25 Å². The first-order chi connectivity index (χ1) is 12.2. The van der Waals surface area contributed by atoms with Gasteiger partial charge >= 0.3 is 0 Å². The summed E-state index contributed by atoms with van der Waals surface area (Å²) >= 11 is 2.54. The van der Waals surface area contributed by atoms with Crippen LogP contribution in [-0.2, 0) is 4.79 Å². The summed E-state index contributed by atoms with van der Waals surface area (Å²) in [4.78, 5) is 12.8. The number of nitrogens with zero attached hydrogens (tertiary/aromatic N) is 3. The van der Waals surface area contributed by atoms with E-state index in [2.05, 4.69) is 15.5 Å². The molecule has 1 aromatic heterocycles. The number of nitriles is 1. The van der Waals surface area contributed by atoms with Gasteiger partial charge in [-0.2, -0.15) is 5.26 Å². The molecule has 0 saturated heterocycles. The van der Waals surface area contributed by atoms with Crippen LogP contribution < -0.4 is 11.1 Å². The molecule has 8 heteroatoms. The zero-order chi connectivity index (χ0) is 17.6. The fourth-order valence-electron chi connectivity index (χ4n) is 2.11. The van der Waals surface area contributed by atoms with Crippen molar-refractivity contribution in [1.29, 1.82) is 5.26 Å². The van der Waals surface area contributed by atoms with E-state index in [1.165, 1.54) is 23.1 Å². The molecule has 0 aliphatic carbocycles. The number of carbonyl (C=O) groups is 1. The van der Waals surface area contributed by atoms with Crippen LogP contribution in [0.25, 0.3) is 0 Å². The van der Waals surface area contributed by atoms with Crippen molar-refractivity contribution < 1.29 is 4.79 Å². The average molecular weight is 367 g/mol. The van der Waals surface area contributed by atoms with Crippen molar-refractivity contribution in [1.82, 2.24) is 10.2 Å². The van der Waals surface area contributed by atoms with Gasteiger partial charge in [0.05, 0.1) is 11.6 Å². The molecule has 1 unspecified atom stereocenters. The summed E-state index contributed by atoms with van der Waals surface area (Å²) in [6.07, 6.45) is 0. The number of hydrogen-bond acceptors (Lipinski definition) is 7. The lowest BCUT2D eigenvalue weighted by Gasteiger charge is -2.15. The lowest BCUT2D eigenvalue weighted by atomic mass is 10.1. The van der Waals surface area contributed by atoms with E-state index in [-0.39, 0.29) is 5.91 Å². The summed E-state index contributed by atoms with van der Waals surface area (Å²) < 4.78 is 0.626. The Morgan fingerprint density at radius 3 is 2.48 bits per heavy atom. The third kappa shape index (κ3) is 4.35. The summed E-state index contributed by atoms with van der Waals surface area (Å²) in [6.45, 7) is 0. The van der Waals surface area contributed by atoms with Gasteiger partial charge in [0.1, 0.15) is 5.25 Å². The summed E-state index contributed by atoms with van der Waals surface area (Å²) in [6, 6.07) is 18.2. The average Bonchev–Trinajstić information content (AvgIpc) is 3.06. The van der Waals surface area contributed by atoms with Gasteiger partial charge in [-0.3, -0.25) is 4.79 Å². The van der Waals surface area contributed by atoms with Gasteiger partial charge in [0.15, 0.2) is 4.34 Å². The maximum absolute atomic E-state index is 12.8. The van der Waals surface area contributed by atoms with Crippen LogP contribution in [0.15, 0.2) is 58.9 Å². The van der Waals surface area contributed by atoms with E-state index in [4.69, 9.17) is 11.0 Å². The fraction of sp³-hybridized carbons (Fsp3) is 0.0588. The molecule has 0 bridgehead atoms. The quantitative estimate of drug-likeness (QED) is 0.669. The number of amides is 1. The van der Waals surface area contributed by atoms with Gasteiger partial charge in [0.25, 0.3) is 0 Å². The standard InChI is InChI=1S/C17H13N5OS2/c18-10-11-6-8-13(9-7-11)20-15(23)14(12-4-2-1-3-5-12)24-17-22-21-16(19)25-17/h1-9,14H,(H2,19,21)(H,20,23). The van der Waals surface area contributed by atoms with Gasteiger partial charge in [-0.25, -0.2) is 0 Å². The van der Waals surface area contributed by atoms with Crippen LogP contribution in [0.4, 0.5) is 10.8 Å². The first-order valence-electron chi connectivity index (χ1n) is 7.27. The summed E-state index contributed by atoms with van der Waals surface area (Å²) in [5.41, 5.74) is 7.64. The van der Waals surface area contributed by atoms with E-state index in [0.29, 0.717) is 20.7 Å². The second-order valence-corrected chi connectivity index (χ2v) is 7.35. The Bertz CT molecular complexity index is 903. The molecular formula is C17H13N5OS2. The Morgan fingerprint density at radius 1 is 1.16 bits per heavy atom. The van der Waals surface area contributed by atoms with Crippen molar-refractivity contribution in [3.05, 3.63) is 65.7 Å². The van der Waals surface area contributed by atoms with Crippen LogP contribution >= 0.6 is 23.1 Å². The van der Waals surface area contributed by atoms with E-state index in [0.717, 1.165) is 5.56 Å². The van der Waals surface area contributed by atoms with Crippen molar-refractivity contribution in [2.75, 3.05) is 11.1 Å². The third-order valence-corrected chi connectivity index (χ3v) is 5.35. The van der Waals surface area contributed by atoms with Crippen LogP contribution in [0.1, 0.15) is 16.4 Å². The number of rotatable bonds is 5. The molecule has 3 rings (SSSR count). The first kappa shape index (κ1) is 17.0. The largest absolute Gasteiger partial charge is 0.374 e. The highest BCUT2D eigenvalue weighted by molar-refractivity contribution is 8.02. The monoisotopic (exact) mass is 367 g/mol. The zero-order valence-electron chi connectivity index (χ0n) is 12.9. The summed E-state index contributed by atoms with van der Waals surface area (Å²) in [5.74, 6) is -0.185. The van der Waals surface area contributed by atoms with E-state index >= 15 is 0 Å². The molecule has 0 aliphatic heterocycles. The van der Waals surface area contributed by atoms with Crippen molar-refractivity contribution in [3.63, 3.8) is 0 Å². The van der Waals surface area contributed by atoms with Gasteiger partial charge in [-0.15, -0.1) is 10.2 Å². The highest BCUT2D eigenvalue weighted by Gasteiger charge is 2.24. The van der Waals surface area contributed by atoms with Crippen molar-refractivity contribution >= 4 is 39.8 Å². The highest BCUT2D eigenvalue weighted by Crippen LogP contribution is 2.38. The number of nitrogen functional groups attached to an aromatic ring is 1. The zero-order valence-corrected chi connectivity index (χ0v) is 14.6. The third-order valence-electron chi connectivity index (χ3n) is 3.26. The number of aromatic nitrogens is 2. The Morgan fingerprint density at radius 2 is 1.88 bits per heavy atom. The number of thioether (sulfide) groups is 1. The van der Waals surface area contributed by atoms with E-state index in [9.17, 15) is 4.79 Å². The Balaban J connectivity index is 1.82. The molecule has 1 atom stereocenters. The number of hydrogen-bond donors (Lipinski definition) is 2. The SMILES string of the molecule is N#Cc1ccc(NC(=O)C(Sc2nnc(N)s2)c2ccccc2)cc1. The highest BCUT2D eigenvalue weighted by atomic mass is 32.2. The molecule has 2 aromatic carbocycles. The molecule has 25 heavy (non-hydrogen) atoms. The number of benzene rings is 2. The molecule has 0 saturated carbocycles. The molecule has 0 aliphatic rings. The van der Waals surface area contributed by atoms with Crippen LogP contribution in [0.3, 0.4) is 0 Å². The second-order valence-electron chi connectivity index (χ2n) is 4.99. The van der Waals surface area contributed by atoms with Crippen LogP contribution in [0, 0.1) is 11.3 Å². The van der Waals surface area contributed by atoms with E-state index in [1.807, 2.05) is 36.4 Å². The van der Waals surface area contributed by atoms with E-state index in [1.54, 1.807) is 24.3 Å². The Labute approximate surface area is 152 Å². The molecule has 0 radical (unpaired) electrons. The van der Waals surface area contributed by atoms with Crippen LogP contribution in [0.5, 0.6) is 0 Å². The fourth-order valence-corrected chi connectivity index (χ4v) is 3.93. The molecule has 1 heterocycles. The molecule has 6 nitrogen and oxygen atoms in total. The van der Waals surface area contributed by atoms with Gasteiger partial charge in [0, 0.05) is 5.69 Å². The summed E-state index contributed by atoms with van der Waals surface area (Å²) in [7, 11) is 0. The second kappa shape index (κ2) is 7.79. The Kier molecular flexibility index (Phi) is 5.28. The minimum atomic E-state index is -0.496. The Hall–Kier alpha value is -2.89. The predicted octanol–water partition coefficient (Wildman–Crippen LogP) is 3.46. The number of nitrogens with two attached hydrogens (primary N) is 1. The van der Waals surface area contributed by atoms with Gasteiger partial charge in [-0.1, -0.05) is 53.4 Å². The summed E-state index contributed by atoms with van der Waals surface area (Å²) in [5, 5.41) is 19.4. The maximum Gasteiger partial charge on any atom is 0.242 e. The molecule has 0 fully saturated rings. The number of nitrogens with one attached hydrogen (secondary N) is 1. The topological polar surface area (TPSA) is 105 Å². The molecule has 0 spiro atoms. The van der Waals surface area contributed by atoms with Gasteiger partial charge < -0.3 is 11.1 Å². The minimum Gasteiger partial charge on any atom is -0.374 e. The number of anilines is 2. The van der Waals surface area contributed by atoms with Gasteiger partial charge in [-0.05, 0) is 29.8 Å². The van der Waals surface area contributed by atoms with Crippen LogP contribution in [0.2, 0.25) is 0 Å². The molecule has 3 N–H and O–H groups in total. The van der Waals surface area contributed by atoms with Gasteiger partial charge in [0.2, 0.25) is 11.0 Å². The minimum absolute atomic E-state index is 0.185. The predicted molar refractivity (Wildman–Crippen MR) is 99.1 cm³/mol. The maximum atomic E-state index is 12.8. The molecule has 124 valence electrons. The lowest BCUT2D eigenvalue weighted by Crippen LogP contribution is -2.19. The molecular weight excluding hydrogens is 354 g/mol.